The summed E-state index contributed by atoms with van der Waals surface area (Å²) in [4.78, 5) is 2.45. The number of hydrogen-bond acceptors (Lipinski definition) is 2. The number of benzene rings is 1. The normalized spacial score (nSPS) is 13.2. The lowest BCUT2D eigenvalue weighted by Crippen LogP contribution is -2.38. The first kappa shape index (κ1) is 17.7. The molecule has 2 nitrogen and oxygen atoms in total. The molecule has 0 saturated carbocycles. The lowest BCUT2D eigenvalue weighted by molar-refractivity contribution is 0.171. The van der Waals surface area contributed by atoms with Crippen LogP contribution in [0.25, 0.3) is 0 Å². The number of hydrogen-bond donors (Lipinski definition) is 0. The SMILES string of the molecule is CC(C)c1ccc([C@H](C#N)CCN(C(C)C)C(C)C)cc1. The third-order valence-corrected chi connectivity index (χ3v) is 4.16. The van der Waals surface area contributed by atoms with Crippen LogP contribution in [0.1, 0.15) is 70.9 Å². The smallest absolute Gasteiger partial charge is 0.0724 e. The Morgan fingerprint density at radius 2 is 1.38 bits per heavy atom. The van der Waals surface area contributed by atoms with E-state index in [2.05, 4.69) is 76.8 Å². The molecule has 0 spiro atoms. The van der Waals surface area contributed by atoms with Crippen LogP contribution in [0.4, 0.5) is 0 Å². The van der Waals surface area contributed by atoms with Crippen LogP contribution >= 0.6 is 0 Å². The minimum absolute atomic E-state index is 0.00814. The van der Waals surface area contributed by atoms with E-state index in [9.17, 15) is 5.26 Å². The van der Waals surface area contributed by atoms with Gasteiger partial charge in [-0.15, -0.1) is 0 Å². The summed E-state index contributed by atoms with van der Waals surface area (Å²) >= 11 is 0. The first-order chi connectivity index (χ1) is 9.86. The van der Waals surface area contributed by atoms with Crippen LogP contribution in [0.2, 0.25) is 0 Å². The highest BCUT2D eigenvalue weighted by Crippen LogP contribution is 2.23. The molecule has 0 unspecified atom stereocenters. The van der Waals surface area contributed by atoms with Gasteiger partial charge in [0, 0.05) is 18.6 Å². The summed E-state index contributed by atoms with van der Waals surface area (Å²) in [6, 6.07) is 12.1. The number of nitriles is 1. The molecule has 0 aliphatic heterocycles. The standard InChI is InChI=1S/C19H30N2/c1-14(2)17-7-9-18(10-8-17)19(13-20)11-12-21(15(3)4)16(5)6/h7-10,14-16,19H,11-12H2,1-6H3/t19-/m0/s1. The van der Waals surface area contributed by atoms with Crippen molar-refractivity contribution in [3.8, 4) is 6.07 Å². The van der Waals surface area contributed by atoms with Crippen molar-refractivity contribution in [2.24, 2.45) is 0 Å². The van der Waals surface area contributed by atoms with Gasteiger partial charge in [0.2, 0.25) is 0 Å². The van der Waals surface area contributed by atoms with E-state index in [1.165, 1.54) is 5.56 Å². The zero-order chi connectivity index (χ0) is 16.0. The second kappa shape index (κ2) is 8.20. The van der Waals surface area contributed by atoms with Crippen molar-refractivity contribution in [3.63, 3.8) is 0 Å². The van der Waals surface area contributed by atoms with E-state index in [0.29, 0.717) is 18.0 Å². The van der Waals surface area contributed by atoms with Gasteiger partial charge in [-0.2, -0.15) is 5.26 Å². The van der Waals surface area contributed by atoms with Gasteiger partial charge in [0.25, 0.3) is 0 Å². The molecule has 2 heteroatoms. The summed E-state index contributed by atoms with van der Waals surface area (Å²) < 4.78 is 0. The molecule has 1 rings (SSSR count). The Kier molecular flexibility index (Phi) is 6.92. The van der Waals surface area contributed by atoms with Crippen molar-refractivity contribution in [2.45, 2.75) is 71.9 Å². The summed E-state index contributed by atoms with van der Waals surface area (Å²) in [5.41, 5.74) is 2.48. The summed E-state index contributed by atoms with van der Waals surface area (Å²) in [5.74, 6) is 0.531. The van der Waals surface area contributed by atoms with Crippen molar-refractivity contribution in [1.29, 1.82) is 5.26 Å². The van der Waals surface area contributed by atoms with E-state index >= 15 is 0 Å². The molecule has 1 aromatic rings. The highest BCUT2D eigenvalue weighted by atomic mass is 15.2. The van der Waals surface area contributed by atoms with Gasteiger partial charge in [0.15, 0.2) is 0 Å². The summed E-state index contributed by atoms with van der Waals surface area (Å²) in [7, 11) is 0. The molecule has 0 aliphatic rings. The zero-order valence-corrected chi connectivity index (χ0v) is 14.4. The Morgan fingerprint density at radius 1 is 0.905 bits per heavy atom. The molecule has 1 atom stereocenters. The van der Waals surface area contributed by atoms with E-state index in [0.717, 1.165) is 18.5 Å². The van der Waals surface area contributed by atoms with E-state index in [4.69, 9.17) is 0 Å². The maximum atomic E-state index is 9.48. The zero-order valence-electron chi connectivity index (χ0n) is 14.4. The topological polar surface area (TPSA) is 27.0 Å². The van der Waals surface area contributed by atoms with Crippen LogP contribution in [0, 0.1) is 11.3 Å². The van der Waals surface area contributed by atoms with Crippen molar-refractivity contribution >= 4 is 0 Å². The largest absolute Gasteiger partial charge is 0.298 e. The van der Waals surface area contributed by atoms with Crippen LogP contribution in [-0.4, -0.2) is 23.5 Å². The molecule has 21 heavy (non-hydrogen) atoms. The Hall–Kier alpha value is -1.33. The molecular weight excluding hydrogens is 256 g/mol. The van der Waals surface area contributed by atoms with E-state index in [-0.39, 0.29) is 5.92 Å². The van der Waals surface area contributed by atoms with Gasteiger partial charge < -0.3 is 0 Å². The van der Waals surface area contributed by atoms with Crippen molar-refractivity contribution in [3.05, 3.63) is 35.4 Å². The summed E-state index contributed by atoms with van der Waals surface area (Å²) in [6.45, 7) is 14.2. The van der Waals surface area contributed by atoms with Crippen LogP contribution in [0.15, 0.2) is 24.3 Å². The fourth-order valence-corrected chi connectivity index (χ4v) is 2.81. The Bertz CT molecular complexity index is 443. The first-order valence-corrected chi connectivity index (χ1v) is 8.12. The molecule has 0 N–H and O–H groups in total. The van der Waals surface area contributed by atoms with Crippen molar-refractivity contribution in [2.75, 3.05) is 6.54 Å². The predicted octanol–water partition coefficient (Wildman–Crippen LogP) is 4.93. The monoisotopic (exact) mass is 286 g/mol. The van der Waals surface area contributed by atoms with E-state index in [1.54, 1.807) is 0 Å². The summed E-state index contributed by atoms with van der Waals surface area (Å²) in [6.07, 6.45) is 0.897. The van der Waals surface area contributed by atoms with Gasteiger partial charge in [0.05, 0.1) is 12.0 Å². The minimum atomic E-state index is -0.00814. The molecule has 116 valence electrons. The van der Waals surface area contributed by atoms with Gasteiger partial charge in [-0.25, -0.2) is 0 Å². The van der Waals surface area contributed by atoms with E-state index < -0.39 is 0 Å². The number of nitrogens with zero attached hydrogens (tertiary/aromatic N) is 2. The third-order valence-electron chi connectivity index (χ3n) is 4.16. The molecule has 1 aromatic carbocycles. The predicted molar refractivity (Wildman–Crippen MR) is 90.5 cm³/mol. The fraction of sp³-hybridized carbons (Fsp3) is 0.632. The van der Waals surface area contributed by atoms with Gasteiger partial charge in [-0.05, 0) is 51.2 Å². The van der Waals surface area contributed by atoms with Crippen LogP contribution in [0.5, 0.6) is 0 Å². The van der Waals surface area contributed by atoms with Gasteiger partial charge in [-0.1, -0.05) is 38.1 Å². The molecule has 0 aliphatic carbocycles. The molecular formula is C19H30N2. The van der Waals surface area contributed by atoms with E-state index in [1.807, 2.05) is 0 Å². The van der Waals surface area contributed by atoms with Gasteiger partial charge in [-0.3, -0.25) is 4.90 Å². The quantitative estimate of drug-likeness (QED) is 0.711. The molecule has 0 aromatic heterocycles. The average Bonchev–Trinajstić information content (AvgIpc) is 2.43. The highest BCUT2D eigenvalue weighted by molar-refractivity contribution is 5.30. The minimum Gasteiger partial charge on any atom is -0.298 e. The molecule has 0 heterocycles. The second-order valence-electron chi connectivity index (χ2n) is 6.72. The maximum Gasteiger partial charge on any atom is 0.0724 e. The van der Waals surface area contributed by atoms with Gasteiger partial charge in [0.1, 0.15) is 0 Å². The molecule has 0 amide bonds. The number of rotatable bonds is 7. The van der Waals surface area contributed by atoms with Crippen LogP contribution < -0.4 is 0 Å². The van der Waals surface area contributed by atoms with Crippen LogP contribution in [-0.2, 0) is 0 Å². The Morgan fingerprint density at radius 3 is 1.76 bits per heavy atom. The average molecular weight is 286 g/mol. The maximum absolute atomic E-state index is 9.48. The molecule has 0 radical (unpaired) electrons. The van der Waals surface area contributed by atoms with Crippen LogP contribution in [0.3, 0.4) is 0 Å². The van der Waals surface area contributed by atoms with Gasteiger partial charge >= 0.3 is 0 Å². The Labute approximate surface area is 130 Å². The second-order valence-corrected chi connectivity index (χ2v) is 6.72. The van der Waals surface area contributed by atoms with Crippen molar-refractivity contribution in [1.82, 2.24) is 4.90 Å². The third kappa shape index (κ3) is 5.17. The highest BCUT2D eigenvalue weighted by Gasteiger charge is 2.17. The summed E-state index contributed by atoms with van der Waals surface area (Å²) in [5, 5.41) is 9.48. The first-order valence-electron chi connectivity index (χ1n) is 8.12. The van der Waals surface area contributed by atoms with Crippen molar-refractivity contribution < 1.29 is 0 Å². The Balaban J connectivity index is 2.73. The fourth-order valence-electron chi connectivity index (χ4n) is 2.81. The molecule has 0 bridgehead atoms. The lowest BCUT2D eigenvalue weighted by atomic mass is 9.93. The lowest BCUT2D eigenvalue weighted by Gasteiger charge is -2.31. The molecule has 0 saturated heterocycles. The molecule has 0 fully saturated rings.